The number of pyridine rings is 2. The summed E-state index contributed by atoms with van der Waals surface area (Å²) in [6, 6.07) is 31.1. The van der Waals surface area contributed by atoms with E-state index in [-0.39, 0.29) is 0 Å². The van der Waals surface area contributed by atoms with Crippen molar-refractivity contribution >= 4 is 42.6 Å². The second kappa shape index (κ2) is 8.13. The van der Waals surface area contributed by atoms with Gasteiger partial charge in [-0.05, 0) is 58.8 Å². The van der Waals surface area contributed by atoms with Crippen molar-refractivity contribution in [3.63, 3.8) is 0 Å². The van der Waals surface area contributed by atoms with Crippen LogP contribution in [0.1, 0.15) is 0 Å². The predicted octanol–water partition coefficient (Wildman–Crippen LogP) is 8.16. The van der Waals surface area contributed by atoms with Gasteiger partial charge in [0.1, 0.15) is 0 Å². The maximum absolute atomic E-state index is 5.10. The third-order valence-corrected chi connectivity index (χ3v) is 6.32. The monoisotopic (exact) mass is 514 g/mol. The molecule has 0 saturated heterocycles. The number of rotatable bonds is 3. The second-order valence-electron chi connectivity index (χ2n) is 6.96. The van der Waals surface area contributed by atoms with E-state index in [2.05, 4.69) is 104 Å². The fraction of sp³-hybridized carbons (Fsp3) is 0. The van der Waals surface area contributed by atoms with Gasteiger partial charge in [0.05, 0.1) is 17.1 Å². The van der Waals surface area contributed by atoms with Crippen LogP contribution in [0.25, 0.3) is 44.5 Å². The van der Waals surface area contributed by atoms with Gasteiger partial charge in [-0.25, -0.2) is 4.98 Å². The summed E-state index contributed by atoms with van der Waals surface area (Å²) < 4.78 is 2.13. The molecular weight excluding hydrogens is 500 g/mol. The van der Waals surface area contributed by atoms with E-state index in [9.17, 15) is 0 Å². The van der Waals surface area contributed by atoms with Gasteiger partial charge in [0, 0.05) is 26.3 Å². The first-order valence-electron chi connectivity index (χ1n) is 9.57. The standard InChI is InChI=1S/C26H16Br2N2/c27-18-12-10-17(11-13-18)19-14-15-25(24-9-1-2-16-29-24)30-26(19)22-7-3-6-21-20(22)5-4-8-23(21)28/h1-16H. The van der Waals surface area contributed by atoms with Crippen LogP contribution in [0.2, 0.25) is 0 Å². The summed E-state index contributed by atoms with van der Waals surface area (Å²) in [5.41, 5.74) is 5.99. The molecule has 2 heterocycles. The summed E-state index contributed by atoms with van der Waals surface area (Å²) in [5.74, 6) is 0. The topological polar surface area (TPSA) is 25.8 Å². The van der Waals surface area contributed by atoms with Crippen LogP contribution in [0.15, 0.2) is 106 Å². The van der Waals surface area contributed by atoms with Crippen LogP contribution >= 0.6 is 31.9 Å². The molecule has 0 saturated carbocycles. The number of nitrogens with zero attached hydrogens (tertiary/aromatic N) is 2. The molecule has 0 radical (unpaired) electrons. The fourth-order valence-electron chi connectivity index (χ4n) is 3.66. The molecule has 0 aliphatic heterocycles. The lowest BCUT2D eigenvalue weighted by Gasteiger charge is -2.14. The first-order chi connectivity index (χ1) is 14.7. The number of benzene rings is 3. The number of hydrogen-bond donors (Lipinski definition) is 0. The number of hydrogen-bond acceptors (Lipinski definition) is 2. The van der Waals surface area contributed by atoms with Crippen LogP contribution in [0.3, 0.4) is 0 Å². The SMILES string of the molecule is Brc1ccc(-c2ccc(-c3ccccn3)nc2-c2cccc3c(Br)cccc23)cc1. The smallest absolute Gasteiger partial charge is 0.0894 e. The van der Waals surface area contributed by atoms with Crippen molar-refractivity contribution in [1.29, 1.82) is 0 Å². The van der Waals surface area contributed by atoms with E-state index < -0.39 is 0 Å². The number of halogens is 2. The van der Waals surface area contributed by atoms with Crippen LogP contribution < -0.4 is 0 Å². The molecule has 2 nitrogen and oxygen atoms in total. The lowest BCUT2D eigenvalue weighted by atomic mass is 9.95. The van der Waals surface area contributed by atoms with Gasteiger partial charge in [0.15, 0.2) is 0 Å². The van der Waals surface area contributed by atoms with Crippen molar-refractivity contribution in [3.05, 3.63) is 106 Å². The minimum absolute atomic E-state index is 0.860. The lowest BCUT2D eigenvalue weighted by molar-refractivity contribution is 1.25. The normalized spacial score (nSPS) is 11.0. The molecule has 0 N–H and O–H groups in total. The Balaban J connectivity index is 1.80. The van der Waals surface area contributed by atoms with Crippen molar-refractivity contribution in [2.24, 2.45) is 0 Å². The van der Waals surface area contributed by atoms with Crippen molar-refractivity contribution in [2.45, 2.75) is 0 Å². The lowest BCUT2D eigenvalue weighted by Crippen LogP contribution is -1.95. The Morgan fingerprint density at radius 3 is 2.17 bits per heavy atom. The van der Waals surface area contributed by atoms with E-state index in [0.29, 0.717) is 0 Å². The van der Waals surface area contributed by atoms with Crippen LogP contribution in [-0.2, 0) is 0 Å². The molecule has 0 unspecified atom stereocenters. The molecule has 0 aliphatic carbocycles. The van der Waals surface area contributed by atoms with Crippen LogP contribution in [0.4, 0.5) is 0 Å². The zero-order valence-electron chi connectivity index (χ0n) is 15.9. The molecule has 0 spiro atoms. The zero-order chi connectivity index (χ0) is 20.5. The van der Waals surface area contributed by atoms with E-state index in [1.54, 1.807) is 6.20 Å². The Bertz CT molecular complexity index is 1350. The van der Waals surface area contributed by atoms with Gasteiger partial charge in [-0.2, -0.15) is 0 Å². The van der Waals surface area contributed by atoms with Gasteiger partial charge in [-0.1, -0.05) is 80.4 Å². The van der Waals surface area contributed by atoms with E-state index in [0.717, 1.165) is 48.1 Å². The van der Waals surface area contributed by atoms with E-state index in [1.165, 1.54) is 5.39 Å². The molecule has 2 aromatic heterocycles. The molecule has 0 aliphatic rings. The largest absolute Gasteiger partial charge is 0.255 e. The maximum atomic E-state index is 5.10. The summed E-state index contributed by atoms with van der Waals surface area (Å²) in [7, 11) is 0. The molecule has 0 bridgehead atoms. The van der Waals surface area contributed by atoms with Crippen molar-refractivity contribution < 1.29 is 0 Å². The molecular formula is C26H16Br2N2. The van der Waals surface area contributed by atoms with Gasteiger partial charge in [0.25, 0.3) is 0 Å². The fourth-order valence-corrected chi connectivity index (χ4v) is 4.42. The Morgan fingerprint density at radius 2 is 1.37 bits per heavy atom. The summed E-state index contributed by atoms with van der Waals surface area (Å²) in [6.45, 7) is 0. The zero-order valence-corrected chi connectivity index (χ0v) is 19.1. The van der Waals surface area contributed by atoms with E-state index >= 15 is 0 Å². The van der Waals surface area contributed by atoms with Crippen LogP contribution in [0.5, 0.6) is 0 Å². The first-order valence-corrected chi connectivity index (χ1v) is 11.2. The van der Waals surface area contributed by atoms with Gasteiger partial charge < -0.3 is 0 Å². The molecule has 0 amide bonds. The molecule has 0 fully saturated rings. The number of aromatic nitrogens is 2. The molecule has 3 aromatic carbocycles. The summed E-state index contributed by atoms with van der Waals surface area (Å²) in [6.07, 6.45) is 1.80. The quantitative estimate of drug-likeness (QED) is 0.242. The van der Waals surface area contributed by atoms with Gasteiger partial charge in [0.2, 0.25) is 0 Å². The summed E-state index contributed by atoms with van der Waals surface area (Å²) in [4.78, 5) is 9.60. The van der Waals surface area contributed by atoms with Gasteiger partial charge in [-0.15, -0.1) is 0 Å². The van der Waals surface area contributed by atoms with Crippen LogP contribution in [0, 0.1) is 0 Å². The third kappa shape index (κ3) is 3.57. The number of fused-ring (bicyclic) bond motifs is 1. The Hall–Kier alpha value is -2.82. The molecule has 0 atom stereocenters. The average Bonchev–Trinajstić information content (AvgIpc) is 2.80. The molecule has 5 aromatic rings. The highest BCUT2D eigenvalue weighted by Crippen LogP contribution is 2.38. The van der Waals surface area contributed by atoms with Crippen molar-refractivity contribution in [2.75, 3.05) is 0 Å². The van der Waals surface area contributed by atoms with Crippen LogP contribution in [-0.4, -0.2) is 9.97 Å². The minimum Gasteiger partial charge on any atom is -0.255 e. The van der Waals surface area contributed by atoms with Gasteiger partial charge in [-0.3, -0.25) is 4.98 Å². The van der Waals surface area contributed by atoms with E-state index in [4.69, 9.17) is 4.98 Å². The highest BCUT2D eigenvalue weighted by atomic mass is 79.9. The Labute approximate surface area is 191 Å². The summed E-state index contributed by atoms with van der Waals surface area (Å²) >= 11 is 7.23. The maximum Gasteiger partial charge on any atom is 0.0894 e. The average molecular weight is 516 g/mol. The third-order valence-electron chi connectivity index (χ3n) is 5.10. The molecule has 30 heavy (non-hydrogen) atoms. The van der Waals surface area contributed by atoms with Gasteiger partial charge >= 0.3 is 0 Å². The highest BCUT2D eigenvalue weighted by Gasteiger charge is 2.15. The van der Waals surface area contributed by atoms with E-state index in [1.807, 2.05) is 24.3 Å². The first kappa shape index (κ1) is 19.2. The second-order valence-corrected chi connectivity index (χ2v) is 8.73. The molecule has 4 heteroatoms. The summed E-state index contributed by atoms with van der Waals surface area (Å²) in [5, 5.41) is 2.33. The predicted molar refractivity (Wildman–Crippen MR) is 131 cm³/mol. The van der Waals surface area contributed by atoms with Crippen molar-refractivity contribution in [1.82, 2.24) is 9.97 Å². The highest BCUT2D eigenvalue weighted by molar-refractivity contribution is 9.11. The molecule has 5 rings (SSSR count). The molecule has 144 valence electrons. The minimum atomic E-state index is 0.860. The Morgan fingerprint density at radius 1 is 0.567 bits per heavy atom. The van der Waals surface area contributed by atoms with Crippen molar-refractivity contribution in [3.8, 4) is 33.8 Å². The Kier molecular flexibility index (Phi) is 5.19.